The second-order valence-corrected chi connectivity index (χ2v) is 0. The maximum atomic E-state index is 0. The van der Waals surface area contributed by atoms with Gasteiger partial charge in [0.1, 0.15) is 0 Å². The van der Waals surface area contributed by atoms with Gasteiger partial charge >= 0.3 is 21.7 Å². The van der Waals surface area contributed by atoms with Crippen molar-refractivity contribution < 1.29 is 32.7 Å². The normalized spacial score (nSPS) is 0. The van der Waals surface area contributed by atoms with Gasteiger partial charge < -0.3 is 11.0 Å². The topological polar surface area (TPSA) is 57.0 Å². The van der Waals surface area contributed by atoms with Crippen LogP contribution in [0.15, 0.2) is 0 Å². The van der Waals surface area contributed by atoms with E-state index >= 15 is 0 Å². The van der Waals surface area contributed by atoms with Crippen LogP contribution < -0.4 is 0 Å². The van der Waals surface area contributed by atoms with Crippen molar-refractivity contribution in [3.63, 3.8) is 0 Å². The summed E-state index contributed by atoms with van der Waals surface area (Å²) in [4.78, 5) is 0. The van der Waals surface area contributed by atoms with E-state index in [1.807, 2.05) is 0 Å². The molecule has 2 nitrogen and oxygen atoms in total. The van der Waals surface area contributed by atoms with Crippen LogP contribution in [0.2, 0.25) is 0 Å². The zero-order valence-electron chi connectivity index (χ0n) is 2.32. The van der Waals surface area contributed by atoms with Crippen LogP contribution in [-0.2, 0) is 32.7 Å². The Morgan fingerprint density at radius 2 is 0.600 bits per heavy atom. The molecule has 5 heteroatoms. The first kappa shape index (κ1) is 101. The quantitative estimate of drug-likeness (QED) is 0.433. The average molecular weight is 148 g/mol. The standard InChI is InChI=1S/2O.2H2S.Ti/h;;2*1H2;/q2*-2;;;+4. The molecule has 0 aromatic carbocycles. The van der Waals surface area contributed by atoms with Crippen molar-refractivity contribution in [3.8, 4) is 0 Å². The first-order valence-electron chi connectivity index (χ1n) is 0. The minimum absolute atomic E-state index is 0. The molecule has 0 aliphatic heterocycles. The zero-order chi connectivity index (χ0) is 0. The molecular formula is H4O2S2Ti. The van der Waals surface area contributed by atoms with Crippen LogP contribution in [0, 0.1) is 0 Å². The zero-order valence-corrected chi connectivity index (χ0v) is 5.88. The van der Waals surface area contributed by atoms with Crippen molar-refractivity contribution in [2.75, 3.05) is 0 Å². The Bertz CT molecular complexity index is 7.61. The summed E-state index contributed by atoms with van der Waals surface area (Å²) in [6, 6.07) is 0. The van der Waals surface area contributed by atoms with E-state index in [1.165, 1.54) is 0 Å². The minimum Gasteiger partial charge on any atom is -2.00 e. The molecule has 32 valence electrons. The van der Waals surface area contributed by atoms with Crippen LogP contribution in [0.4, 0.5) is 0 Å². The molecule has 0 aromatic heterocycles. The van der Waals surface area contributed by atoms with Crippen molar-refractivity contribution in [1.29, 1.82) is 0 Å². The van der Waals surface area contributed by atoms with Gasteiger partial charge in [-0.25, -0.2) is 0 Å². The van der Waals surface area contributed by atoms with Crippen molar-refractivity contribution in [1.82, 2.24) is 0 Å². The van der Waals surface area contributed by atoms with Crippen molar-refractivity contribution in [3.05, 3.63) is 0 Å². The van der Waals surface area contributed by atoms with Gasteiger partial charge in [0.25, 0.3) is 0 Å². The van der Waals surface area contributed by atoms with E-state index in [-0.39, 0.29) is 59.7 Å². The molecular weight excluding hydrogens is 144 g/mol. The fourth-order valence-corrected chi connectivity index (χ4v) is 0. The maximum absolute atomic E-state index is 0. The summed E-state index contributed by atoms with van der Waals surface area (Å²) >= 11 is 0. The Hall–Kier alpha value is 1.33. The first-order valence-corrected chi connectivity index (χ1v) is 0. The van der Waals surface area contributed by atoms with Gasteiger partial charge in [-0.3, -0.25) is 0 Å². The predicted octanol–water partition coefficient (Wildman–Crippen LogP) is -0.0145. The van der Waals surface area contributed by atoms with Gasteiger partial charge in [-0.15, -0.1) is 0 Å². The smallest absolute Gasteiger partial charge is 2.00 e. The minimum atomic E-state index is 0. The van der Waals surface area contributed by atoms with Gasteiger partial charge in [-0.1, -0.05) is 0 Å². The third kappa shape index (κ3) is 33.3. The Morgan fingerprint density at radius 1 is 0.600 bits per heavy atom. The van der Waals surface area contributed by atoms with Crippen molar-refractivity contribution in [2.24, 2.45) is 0 Å². The number of hydrogen-bond donors (Lipinski definition) is 0. The summed E-state index contributed by atoms with van der Waals surface area (Å²) < 4.78 is 0. The Kier molecular flexibility index (Phi) is 1140. The van der Waals surface area contributed by atoms with Gasteiger partial charge in [0, 0.05) is 0 Å². The molecule has 0 bridgehead atoms. The summed E-state index contributed by atoms with van der Waals surface area (Å²) in [5.41, 5.74) is 0. The SMILES string of the molecule is S.S.[O-2].[O-2].[Ti+4]. The van der Waals surface area contributed by atoms with E-state index in [2.05, 4.69) is 0 Å². The Labute approximate surface area is 59.7 Å². The van der Waals surface area contributed by atoms with Crippen LogP contribution in [0.5, 0.6) is 0 Å². The van der Waals surface area contributed by atoms with Gasteiger partial charge in [0.05, 0.1) is 0 Å². The Morgan fingerprint density at radius 3 is 0.600 bits per heavy atom. The second kappa shape index (κ2) is 56.3. The van der Waals surface area contributed by atoms with E-state index in [1.54, 1.807) is 0 Å². The molecule has 0 amide bonds. The molecule has 0 radical (unpaired) electrons. The van der Waals surface area contributed by atoms with E-state index in [0.717, 1.165) is 0 Å². The summed E-state index contributed by atoms with van der Waals surface area (Å²) in [6.45, 7) is 0. The number of rotatable bonds is 0. The van der Waals surface area contributed by atoms with Crippen LogP contribution in [0.1, 0.15) is 0 Å². The molecule has 0 aliphatic rings. The molecule has 0 spiro atoms. The molecule has 0 saturated heterocycles. The van der Waals surface area contributed by atoms with Crippen molar-refractivity contribution in [2.45, 2.75) is 0 Å². The van der Waals surface area contributed by atoms with Gasteiger partial charge in [-0.2, -0.15) is 27.0 Å². The molecule has 0 unspecified atom stereocenters. The average Bonchev–Trinajstić information content (AvgIpc) is 0. The van der Waals surface area contributed by atoms with E-state index in [9.17, 15) is 0 Å². The number of hydrogen-bond acceptors (Lipinski definition) is 0. The predicted molar refractivity (Wildman–Crippen MR) is 22.1 cm³/mol. The third-order valence-electron chi connectivity index (χ3n) is 0. The fourth-order valence-electron chi connectivity index (χ4n) is 0. The summed E-state index contributed by atoms with van der Waals surface area (Å²) in [5.74, 6) is 0. The van der Waals surface area contributed by atoms with Gasteiger partial charge in [-0.05, 0) is 0 Å². The molecule has 5 heavy (non-hydrogen) atoms. The second-order valence-electron chi connectivity index (χ2n) is 0. The largest absolute Gasteiger partial charge is 4.00 e. The van der Waals surface area contributed by atoms with E-state index in [4.69, 9.17) is 0 Å². The van der Waals surface area contributed by atoms with E-state index in [0.29, 0.717) is 0 Å². The maximum Gasteiger partial charge on any atom is 4.00 e. The molecule has 0 heterocycles. The first-order chi connectivity index (χ1) is 0. The Balaban J connectivity index is 0. The molecule has 0 aliphatic carbocycles. The third-order valence-corrected chi connectivity index (χ3v) is 0. The molecule has 0 fully saturated rings. The fraction of sp³-hybridized carbons (Fsp3) is 0. The molecule has 0 saturated carbocycles. The molecule has 0 aromatic rings. The molecule has 0 N–H and O–H groups in total. The van der Waals surface area contributed by atoms with Crippen molar-refractivity contribution >= 4 is 27.0 Å². The van der Waals surface area contributed by atoms with E-state index < -0.39 is 0 Å². The van der Waals surface area contributed by atoms with Gasteiger partial charge in [0.15, 0.2) is 0 Å². The monoisotopic (exact) mass is 148 g/mol. The molecule has 0 atom stereocenters. The van der Waals surface area contributed by atoms with Crippen LogP contribution in [-0.4, -0.2) is 0 Å². The van der Waals surface area contributed by atoms with Gasteiger partial charge in [0.2, 0.25) is 0 Å². The summed E-state index contributed by atoms with van der Waals surface area (Å²) in [7, 11) is 0. The van der Waals surface area contributed by atoms with Crippen LogP contribution in [0.25, 0.3) is 0 Å². The summed E-state index contributed by atoms with van der Waals surface area (Å²) in [6.07, 6.45) is 0. The molecule has 0 rings (SSSR count). The van der Waals surface area contributed by atoms with Crippen LogP contribution in [0.3, 0.4) is 0 Å². The van der Waals surface area contributed by atoms with Crippen LogP contribution >= 0.6 is 27.0 Å². The summed E-state index contributed by atoms with van der Waals surface area (Å²) in [5, 5.41) is 0.